The van der Waals surface area contributed by atoms with Crippen LogP contribution in [0.5, 0.6) is 11.8 Å². The van der Waals surface area contributed by atoms with Crippen LogP contribution >= 0.6 is 0 Å². The molecule has 0 saturated carbocycles. The molecule has 0 aromatic carbocycles. The Labute approximate surface area is 222 Å². The van der Waals surface area contributed by atoms with E-state index >= 15 is 0 Å². The van der Waals surface area contributed by atoms with Crippen LogP contribution in [-0.4, -0.2) is 77.4 Å². The van der Waals surface area contributed by atoms with Crippen LogP contribution in [0.15, 0.2) is 24.7 Å². The van der Waals surface area contributed by atoms with E-state index in [0.29, 0.717) is 37.8 Å². The maximum absolute atomic E-state index is 13.7. The van der Waals surface area contributed by atoms with Crippen molar-refractivity contribution in [2.45, 2.75) is 50.9 Å². The molecule has 3 aromatic rings. The van der Waals surface area contributed by atoms with E-state index in [-0.39, 0.29) is 29.3 Å². The number of sulfonamides is 1. The van der Waals surface area contributed by atoms with Crippen LogP contribution in [0.25, 0.3) is 5.69 Å². The van der Waals surface area contributed by atoms with Gasteiger partial charge in [-0.1, -0.05) is 13.0 Å². The van der Waals surface area contributed by atoms with Gasteiger partial charge in [0.15, 0.2) is 5.69 Å². The molecule has 1 aliphatic heterocycles. The zero-order chi connectivity index (χ0) is 27.3. The van der Waals surface area contributed by atoms with Gasteiger partial charge in [-0.15, -0.1) is 10.2 Å². The molecule has 4 rings (SSSR count). The number of ether oxygens (including phenoxy) is 4. The van der Waals surface area contributed by atoms with Crippen molar-refractivity contribution in [3.05, 3.63) is 41.7 Å². The van der Waals surface area contributed by atoms with E-state index in [1.807, 2.05) is 19.9 Å². The van der Waals surface area contributed by atoms with Gasteiger partial charge in [0.1, 0.15) is 23.5 Å². The Morgan fingerprint density at radius 2 is 1.89 bits per heavy atom. The molecule has 1 saturated heterocycles. The fourth-order valence-corrected chi connectivity index (χ4v) is 5.28. The summed E-state index contributed by atoms with van der Waals surface area (Å²) in [5, 5.41) is 7.51. The van der Waals surface area contributed by atoms with Crippen molar-refractivity contribution < 1.29 is 27.4 Å². The van der Waals surface area contributed by atoms with Gasteiger partial charge >= 0.3 is 0 Å². The summed E-state index contributed by atoms with van der Waals surface area (Å²) in [7, 11) is -1.18. The van der Waals surface area contributed by atoms with Gasteiger partial charge in [0, 0.05) is 25.3 Å². The first-order valence-corrected chi connectivity index (χ1v) is 13.9. The molecule has 1 N–H and O–H groups in total. The van der Waals surface area contributed by atoms with E-state index in [2.05, 4.69) is 29.9 Å². The summed E-state index contributed by atoms with van der Waals surface area (Å²) in [5.41, 5.74) is 1.75. The molecule has 3 atom stereocenters. The Bertz CT molecular complexity index is 1300. The van der Waals surface area contributed by atoms with Crippen molar-refractivity contribution in [1.82, 2.24) is 29.7 Å². The Kier molecular flexibility index (Phi) is 8.74. The molecule has 1 aliphatic rings. The minimum Gasteiger partial charge on any atom is -0.479 e. The Morgan fingerprint density at radius 3 is 2.47 bits per heavy atom. The highest BCUT2D eigenvalue weighted by Crippen LogP contribution is 2.36. The van der Waals surface area contributed by atoms with Crippen molar-refractivity contribution in [3.63, 3.8) is 0 Å². The Morgan fingerprint density at radius 1 is 1.16 bits per heavy atom. The number of nitrogens with zero attached hydrogens (tertiary/aromatic N) is 6. The molecule has 1 fully saturated rings. The van der Waals surface area contributed by atoms with Crippen LogP contribution in [0.2, 0.25) is 0 Å². The molecule has 13 nitrogen and oxygen atoms in total. The van der Waals surface area contributed by atoms with Gasteiger partial charge < -0.3 is 18.9 Å². The third-order valence-corrected chi connectivity index (χ3v) is 7.92. The molecule has 0 aliphatic carbocycles. The van der Waals surface area contributed by atoms with Gasteiger partial charge in [0.25, 0.3) is 0 Å². The van der Waals surface area contributed by atoms with Crippen LogP contribution in [0.4, 0.5) is 5.95 Å². The molecule has 206 valence electrons. The third-order valence-electron chi connectivity index (χ3n) is 6.22. The molecule has 4 heterocycles. The van der Waals surface area contributed by atoms with E-state index in [9.17, 15) is 8.42 Å². The number of rotatable bonds is 12. The van der Waals surface area contributed by atoms with Gasteiger partial charge in [-0.2, -0.15) is 9.97 Å². The first-order chi connectivity index (χ1) is 18.3. The summed E-state index contributed by atoms with van der Waals surface area (Å²) in [4.78, 5) is 12.8. The number of aromatic nitrogens is 6. The average Bonchev–Trinajstić information content (AvgIpc) is 3.59. The molecule has 0 unspecified atom stereocenters. The van der Waals surface area contributed by atoms with Gasteiger partial charge in [0.2, 0.25) is 27.7 Å². The summed E-state index contributed by atoms with van der Waals surface area (Å²) in [6.45, 7) is 6.77. The second-order valence-electron chi connectivity index (χ2n) is 8.92. The van der Waals surface area contributed by atoms with Gasteiger partial charge in [0.05, 0.1) is 26.5 Å². The van der Waals surface area contributed by atoms with E-state index in [0.717, 1.165) is 12.0 Å². The first-order valence-electron chi connectivity index (χ1n) is 12.3. The highest BCUT2D eigenvalue weighted by atomic mass is 32.2. The number of aryl methyl sites for hydroxylation is 1. The Hall–Kier alpha value is -3.36. The average molecular weight is 548 g/mol. The van der Waals surface area contributed by atoms with Crippen molar-refractivity contribution in [2.24, 2.45) is 0 Å². The summed E-state index contributed by atoms with van der Waals surface area (Å²) >= 11 is 0. The van der Waals surface area contributed by atoms with Gasteiger partial charge in [-0.05, 0) is 38.3 Å². The lowest BCUT2D eigenvalue weighted by molar-refractivity contribution is 0.0498. The lowest BCUT2D eigenvalue weighted by atomic mass is 10.1. The fraction of sp³-hybridized carbons (Fsp3) is 0.542. The van der Waals surface area contributed by atoms with E-state index in [4.69, 9.17) is 18.9 Å². The van der Waals surface area contributed by atoms with Crippen LogP contribution in [0, 0.1) is 6.92 Å². The Balaban J connectivity index is 1.77. The lowest BCUT2D eigenvalue weighted by Gasteiger charge is -2.25. The van der Waals surface area contributed by atoms with Crippen LogP contribution in [-0.2, 0) is 19.5 Å². The molecule has 14 heteroatoms. The molecule has 0 radical (unpaired) electrons. The smallest absolute Gasteiger partial charge is 0.245 e. The first kappa shape index (κ1) is 27.7. The molecule has 38 heavy (non-hydrogen) atoms. The number of hydrogen-bond donors (Lipinski definition) is 1. The molecule has 3 aromatic heterocycles. The van der Waals surface area contributed by atoms with E-state index in [1.54, 1.807) is 19.2 Å². The molecule has 0 amide bonds. The second-order valence-corrected chi connectivity index (χ2v) is 11.0. The quantitative estimate of drug-likeness (QED) is 0.356. The van der Waals surface area contributed by atoms with Crippen LogP contribution < -0.4 is 14.2 Å². The highest BCUT2D eigenvalue weighted by molar-refractivity contribution is 7.93. The monoisotopic (exact) mass is 547 g/mol. The largest absolute Gasteiger partial charge is 0.479 e. The zero-order valence-electron chi connectivity index (χ0n) is 22.1. The summed E-state index contributed by atoms with van der Waals surface area (Å²) < 4.78 is 54.1. The van der Waals surface area contributed by atoms with Crippen molar-refractivity contribution in [2.75, 3.05) is 38.8 Å². The minimum absolute atomic E-state index is 0.0590. The van der Waals surface area contributed by atoms with E-state index in [1.165, 1.54) is 25.1 Å². The maximum Gasteiger partial charge on any atom is 0.245 e. The topological polar surface area (TPSA) is 152 Å². The lowest BCUT2D eigenvalue weighted by Crippen LogP contribution is -2.33. The van der Waals surface area contributed by atoms with Gasteiger partial charge in [-0.25, -0.2) is 8.42 Å². The summed E-state index contributed by atoms with van der Waals surface area (Å²) in [6, 6.07) is 3.65. The van der Waals surface area contributed by atoms with Crippen molar-refractivity contribution >= 4 is 16.0 Å². The van der Waals surface area contributed by atoms with E-state index < -0.39 is 21.4 Å². The SMILES string of the molecule is CCCO[C@@H](c1ccc(C)cn1)[C@H](C)S(=O)(=O)Nc1nnc([C@@H]2CCOC2)n1-c1c(OC)ncnc1OC. The number of pyridine rings is 1. The predicted molar refractivity (Wildman–Crippen MR) is 138 cm³/mol. The third kappa shape index (κ3) is 5.71. The van der Waals surface area contributed by atoms with Crippen molar-refractivity contribution in [3.8, 4) is 17.4 Å². The predicted octanol–water partition coefficient (Wildman–Crippen LogP) is 2.58. The zero-order valence-corrected chi connectivity index (χ0v) is 22.9. The molecular weight excluding hydrogens is 514 g/mol. The van der Waals surface area contributed by atoms with Crippen molar-refractivity contribution in [1.29, 1.82) is 0 Å². The van der Waals surface area contributed by atoms with Crippen LogP contribution in [0.3, 0.4) is 0 Å². The number of methoxy groups -OCH3 is 2. The summed E-state index contributed by atoms with van der Waals surface area (Å²) in [5.74, 6) is 0.608. The fourth-order valence-electron chi connectivity index (χ4n) is 4.16. The minimum atomic E-state index is -4.07. The van der Waals surface area contributed by atoms with Crippen LogP contribution in [0.1, 0.15) is 55.8 Å². The van der Waals surface area contributed by atoms with Gasteiger partial charge in [-0.3, -0.25) is 14.3 Å². The maximum atomic E-state index is 13.7. The standard InChI is InChI=1S/C24H33N7O6S/c1-6-10-37-20(18-8-7-15(2)12-25-18)16(3)38(32,33)30-24-29-28-21(17-9-11-36-13-17)31(24)19-22(34-4)26-14-27-23(19)35-5/h7-8,12,14,16-17,20H,6,9-11,13H2,1-5H3,(H,29,30)/t16-,17+,20+/m0/s1. The summed E-state index contributed by atoms with van der Waals surface area (Å²) in [6.07, 6.45) is 3.57. The normalized spacial score (nSPS) is 17.2. The number of hydrogen-bond acceptors (Lipinski definition) is 11. The molecule has 0 bridgehead atoms. The molecule has 0 spiro atoms. The number of nitrogens with one attached hydrogen (secondary N) is 1. The number of anilines is 1. The highest BCUT2D eigenvalue weighted by Gasteiger charge is 2.36. The molecular formula is C24H33N7O6S. The second kappa shape index (κ2) is 12.0.